The Hall–Kier alpha value is -3.48. The van der Waals surface area contributed by atoms with Gasteiger partial charge in [-0.2, -0.15) is 8.78 Å². The summed E-state index contributed by atoms with van der Waals surface area (Å²) in [6.07, 6.45) is 2.02. The summed E-state index contributed by atoms with van der Waals surface area (Å²) >= 11 is 0. The fourth-order valence-corrected chi connectivity index (χ4v) is 3.34. The van der Waals surface area contributed by atoms with Crippen molar-refractivity contribution in [2.75, 3.05) is 13.7 Å². The molecule has 1 aliphatic carbocycles. The molecule has 10 nitrogen and oxygen atoms in total. The molecule has 0 radical (unpaired) electrons. The summed E-state index contributed by atoms with van der Waals surface area (Å²) in [6.45, 7) is -1.30. The number of carbonyl (C=O) groups excluding carboxylic acids is 2. The molecular weight excluding hydrogens is 563 g/mol. The van der Waals surface area contributed by atoms with E-state index in [0.717, 1.165) is 12.8 Å². The Kier molecular flexibility index (Phi) is 11.4. The zero-order valence-corrected chi connectivity index (χ0v) is 22.6. The first kappa shape index (κ1) is 31.7. The van der Waals surface area contributed by atoms with Gasteiger partial charge in [0.15, 0.2) is 23.0 Å². The Morgan fingerprint density at radius 1 is 1.10 bits per heavy atom. The van der Waals surface area contributed by atoms with Gasteiger partial charge in [0, 0.05) is 5.56 Å². The minimum atomic E-state index is -3.02. The number of rotatable bonds is 11. The maximum atomic E-state index is 12.8. The van der Waals surface area contributed by atoms with E-state index in [1.165, 1.54) is 31.4 Å². The molecule has 0 unspecified atom stereocenters. The van der Waals surface area contributed by atoms with Crippen LogP contribution < -0.4 is 15.2 Å². The van der Waals surface area contributed by atoms with Crippen molar-refractivity contribution < 1.29 is 41.7 Å². The molecule has 39 heavy (non-hydrogen) atoms. The van der Waals surface area contributed by atoms with Gasteiger partial charge in [0.1, 0.15) is 12.3 Å². The predicted octanol–water partition coefficient (Wildman–Crippen LogP) is 5.13. The molecule has 2 aromatic heterocycles. The number of hydrogen-bond acceptors (Lipinski definition) is 10. The van der Waals surface area contributed by atoms with Crippen LogP contribution in [-0.2, 0) is 16.1 Å². The molecule has 0 amide bonds. The number of benzene rings is 1. The lowest BCUT2D eigenvalue weighted by molar-refractivity contribution is -0.0515. The lowest BCUT2D eigenvalue weighted by atomic mass is 10.2. The predicted molar refractivity (Wildman–Crippen MR) is 139 cm³/mol. The monoisotopic (exact) mass is 589 g/mol. The summed E-state index contributed by atoms with van der Waals surface area (Å²) in [5.74, 6) is -1.01. The second-order valence-electron chi connectivity index (χ2n) is 8.40. The Labute approximate surface area is 235 Å². The van der Waals surface area contributed by atoms with Gasteiger partial charge in [-0.05, 0) is 56.0 Å². The van der Waals surface area contributed by atoms with E-state index in [2.05, 4.69) is 19.4 Å². The second kappa shape index (κ2) is 14.1. The van der Waals surface area contributed by atoms with E-state index in [-0.39, 0.29) is 66.0 Å². The van der Waals surface area contributed by atoms with Crippen molar-refractivity contribution in [3.8, 4) is 23.0 Å². The topological polar surface area (TPSA) is 136 Å². The maximum Gasteiger partial charge on any atom is 0.387 e. The molecular formula is C25H27Cl2F2N3O7. The average molecular weight is 590 g/mol. The molecule has 1 aromatic carbocycles. The van der Waals surface area contributed by atoms with E-state index in [1.807, 2.05) is 0 Å². The van der Waals surface area contributed by atoms with Crippen molar-refractivity contribution in [3.05, 3.63) is 59.2 Å². The number of ether oxygens (including phenoxy) is 4. The molecule has 14 heteroatoms. The Balaban J connectivity index is 0.00000267. The van der Waals surface area contributed by atoms with Crippen LogP contribution in [0.15, 0.2) is 40.8 Å². The number of nitrogens with two attached hydrogens (primary N) is 1. The number of esters is 2. The molecule has 1 fully saturated rings. The van der Waals surface area contributed by atoms with Crippen molar-refractivity contribution in [1.29, 1.82) is 0 Å². The van der Waals surface area contributed by atoms with Gasteiger partial charge in [0.25, 0.3) is 0 Å². The highest BCUT2D eigenvalue weighted by Gasteiger charge is 2.27. The first-order chi connectivity index (χ1) is 17.7. The van der Waals surface area contributed by atoms with Gasteiger partial charge < -0.3 is 29.1 Å². The minimum Gasteiger partial charge on any atom is -0.489 e. The lowest BCUT2D eigenvalue weighted by Gasteiger charge is -2.12. The van der Waals surface area contributed by atoms with Crippen LogP contribution in [0.25, 0.3) is 11.5 Å². The van der Waals surface area contributed by atoms with Gasteiger partial charge in [-0.1, -0.05) is 6.07 Å². The number of aromatic nitrogens is 2. The maximum absolute atomic E-state index is 12.8. The van der Waals surface area contributed by atoms with Gasteiger partial charge in [-0.25, -0.2) is 19.6 Å². The molecule has 0 aliphatic heterocycles. The van der Waals surface area contributed by atoms with Crippen molar-refractivity contribution in [1.82, 2.24) is 9.97 Å². The molecule has 2 heterocycles. The van der Waals surface area contributed by atoms with Crippen LogP contribution in [-0.4, -0.2) is 42.2 Å². The van der Waals surface area contributed by atoms with Gasteiger partial charge in [0.05, 0.1) is 25.5 Å². The Bertz CT molecular complexity index is 1290. The average Bonchev–Trinajstić information content (AvgIpc) is 3.60. The second-order valence-corrected chi connectivity index (χ2v) is 8.40. The standard InChI is InChI=1S/C25H25F2N3O7.2ClH/c1-13(28)21-20(24(32)35-12-16-4-3-5-17(29-16)23(31)33-2)30-22(37-21)15-8-9-18(36-25(26)27)19(10-15)34-11-14-6-7-14;;/h3-5,8-10,13-14,25H,6-7,11-12,28H2,1-2H3;2*1H/t13-;;/m0../s1. The van der Waals surface area contributed by atoms with Gasteiger partial charge in [-0.15, -0.1) is 24.8 Å². The van der Waals surface area contributed by atoms with Crippen molar-refractivity contribution >= 4 is 36.8 Å². The number of alkyl halides is 2. The summed E-state index contributed by atoms with van der Waals surface area (Å²) in [5.41, 5.74) is 6.57. The zero-order chi connectivity index (χ0) is 26.5. The molecule has 0 spiro atoms. The van der Waals surface area contributed by atoms with Gasteiger partial charge >= 0.3 is 18.6 Å². The van der Waals surface area contributed by atoms with Crippen molar-refractivity contribution in [2.45, 2.75) is 39.0 Å². The summed E-state index contributed by atoms with van der Waals surface area (Å²) < 4.78 is 51.7. The van der Waals surface area contributed by atoms with Crippen LogP contribution in [0.3, 0.4) is 0 Å². The Morgan fingerprint density at radius 2 is 1.85 bits per heavy atom. The highest BCUT2D eigenvalue weighted by Crippen LogP contribution is 2.37. The lowest BCUT2D eigenvalue weighted by Crippen LogP contribution is -2.14. The van der Waals surface area contributed by atoms with Crippen LogP contribution in [0.2, 0.25) is 0 Å². The molecule has 1 aliphatic rings. The van der Waals surface area contributed by atoms with E-state index in [0.29, 0.717) is 23.8 Å². The molecule has 212 valence electrons. The van der Waals surface area contributed by atoms with Crippen LogP contribution >= 0.6 is 24.8 Å². The van der Waals surface area contributed by atoms with Gasteiger partial charge in [-0.3, -0.25) is 0 Å². The van der Waals surface area contributed by atoms with Crippen molar-refractivity contribution in [2.24, 2.45) is 11.7 Å². The molecule has 0 saturated heterocycles. The van der Waals surface area contributed by atoms with Crippen LogP contribution in [0, 0.1) is 5.92 Å². The number of nitrogens with zero attached hydrogens (tertiary/aromatic N) is 2. The normalized spacial score (nSPS) is 13.1. The van der Waals surface area contributed by atoms with Crippen LogP contribution in [0.4, 0.5) is 8.78 Å². The molecule has 1 saturated carbocycles. The first-order valence-electron chi connectivity index (χ1n) is 11.4. The summed E-state index contributed by atoms with van der Waals surface area (Å²) in [6, 6.07) is 8.13. The highest BCUT2D eigenvalue weighted by molar-refractivity contribution is 5.89. The number of oxazole rings is 1. The third kappa shape index (κ3) is 8.25. The van der Waals surface area contributed by atoms with E-state index < -0.39 is 24.6 Å². The number of pyridine rings is 1. The number of carbonyl (C=O) groups is 2. The van der Waals surface area contributed by atoms with E-state index in [9.17, 15) is 18.4 Å². The van der Waals surface area contributed by atoms with E-state index >= 15 is 0 Å². The quantitative estimate of drug-likeness (QED) is 0.299. The summed E-state index contributed by atoms with van der Waals surface area (Å²) in [5, 5.41) is 0. The SMILES string of the molecule is COC(=O)c1cccc(COC(=O)c2nc(-c3ccc(OC(F)F)c(OCC4CC4)c3)oc2[C@H](C)N)n1.Cl.Cl. The number of hydrogen-bond donors (Lipinski definition) is 1. The Morgan fingerprint density at radius 3 is 2.49 bits per heavy atom. The molecule has 3 aromatic rings. The number of halogens is 4. The third-order valence-corrected chi connectivity index (χ3v) is 5.39. The number of methoxy groups -OCH3 is 1. The zero-order valence-electron chi connectivity index (χ0n) is 20.9. The third-order valence-electron chi connectivity index (χ3n) is 5.39. The van der Waals surface area contributed by atoms with Gasteiger partial charge in [0.2, 0.25) is 5.89 Å². The fraction of sp³-hybridized carbons (Fsp3) is 0.360. The molecule has 1 atom stereocenters. The molecule has 0 bridgehead atoms. The van der Waals surface area contributed by atoms with E-state index in [1.54, 1.807) is 19.1 Å². The largest absolute Gasteiger partial charge is 0.489 e. The first-order valence-corrected chi connectivity index (χ1v) is 11.4. The smallest absolute Gasteiger partial charge is 0.387 e. The van der Waals surface area contributed by atoms with Crippen LogP contribution in [0.5, 0.6) is 11.5 Å². The molecule has 2 N–H and O–H groups in total. The van der Waals surface area contributed by atoms with E-state index in [4.69, 9.17) is 19.6 Å². The fourth-order valence-electron chi connectivity index (χ4n) is 3.34. The summed E-state index contributed by atoms with van der Waals surface area (Å²) in [4.78, 5) is 32.9. The van der Waals surface area contributed by atoms with Crippen LogP contribution in [0.1, 0.15) is 58.2 Å². The summed E-state index contributed by atoms with van der Waals surface area (Å²) in [7, 11) is 1.23. The highest BCUT2D eigenvalue weighted by atomic mass is 35.5. The van der Waals surface area contributed by atoms with Crippen molar-refractivity contribution in [3.63, 3.8) is 0 Å². The molecule has 4 rings (SSSR count). The minimum absolute atomic E-state index is 0.